The van der Waals surface area contributed by atoms with Crippen LogP contribution in [0, 0.1) is 0 Å². The highest BCUT2D eigenvalue weighted by Gasteiger charge is 1.98. The van der Waals surface area contributed by atoms with E-state index in [9.17, 15) is 0 Å². The van der Waals surface area contributed by atoms with Crippen LogP contribution >= 0.6 is 0 Å². The number of pyridine rings is 1. The fourth-order valence-electron chi connectivity index (χ4n) is 1.29. The first kappa shape index (κ1) is 11.3. The minimum atomic E-state index is 0.0649. The lowest BCUT2D eigenvalue weighted by Crippen LogP contribution is -2.07. The van der Waals surface area contributed by atoms with Crippen molar-refractivity contribution in [1.82, 2.24) is 15.0 Å². The van der Waals surface area contributed by atoms with Gasteiger partial charge in [0.1, 0.15) is 18.0 Å². The van der Waals surface area contributed by atoms with Crippen molar-refractivity contribution in [3.8, 4) is 0 Å². The number of hydrogen-bond donors (Lipinski definition) is 3. The van der Waals surface area contributed by atoms with Gasteiger partial charge in [0.05, 0.1) is 18.5 Å². The highest BCUT2D eigenvalue weighted by Crippen LogP contribution is 2.14. The standard InChI is InChI=1S/C11H13N5O/c17-5-4-13-10-6-11(15-8-14-10)16-9-2-1-3-12-7-9/h1-3,6-8,17H,4-5H2,(H2,13,14,15,16). The molecule has 2 rings (SSSR count). The summed E-state index contributed by atoms with van der Waals surface area (Å²) in [6.07, 6.45) is 4.88. The molecule has 6 heteroatoms. The molecule has 0 aliphatic rings. The summed E-state index contributed by atoms with van der Waals surface area (Å²) in [5.74, 6) is 1.34. The Morgan fingerprint density at radius 3 is 2.88 bits per heavy atom. The molecule has 0 aromatic carbocycles. The summed E-state index contributed by atoms with van der Waals surface area (Å²) in [4.78, 5) is 12.1. The maximum atomic E-state index is 8.70. The molecule has 0 radical (unpaired) electrons. The molecule has 0 fully saturated rings. The lowest BCUT2D eigenvalue weighted by atomic mass is 10.4. The second kappa shape index (κ2) is 5.76. The lowest BCUT2D eigenvalue weighted by Gasteiger charge is -2.07. The van der Waals surface area contributed by atoms with Crippen LogP contribution in [0.15, 0.2) is 36.9 Å². The lowest BCUT2D eigenvalue weighted by molar-refractivity contribution is 0.311. The summed E-state index contributed by atoms with van der Waals surface area (Å²) in [6, 6.07) is 5.51. The summed E-state index contributed by atoms with van der Waals surface area (Å²) in [7, 11) is 0. The number of hydrogen-bond acceptors (Lipinski definition) is 6. The van der Waals surface area contributed by atoms with E-state index < -0.39 is 0 Å². The molecule has 0 aliphatic heterocycles. The van der Waals surface area contributed by atoms with Crippen LogP contribution in [-0.4, -0.2) is 33.2 Å². The summed E-state index contributed by atoms with van der Waals surface area (Å²) < 4.78 is 0. The van der Waals surface area contributed by atoms with E-state index in [-0.39, 0.29) is 6.61 Å². The number of rotatable bonds is 5. The molecule has 0 bridgehead atoms. The summed E-state index contributed by atoms with van der Waals surface area (Å²) in [5.41, 5.74) is 0.860. The highest BCUT2D eigenvalue weighted by atomic mass is 16.3. The van der Waals surface area contributed by atoms with Gasteiger partial charge in [0, 0.05) is 18.8 Å². The molecule has 6 nitrogen and oxygen atoms in total. The first-order valence-corrected chi connectivity index (χ1v) is 5.22. The van der Waals surface area contributed by atoms with Gasteiger partial charge in [-0.2, -0.15) is 0 Å². The first-order valence-electron chi connectivity index (χ1n) is 5.22. The first-order chi connectivity index (χ1) is 8.38. The molecule has 17 heavy (non-hydrogen) atoms. The average Bonchev–Trinajstić information content (AvgIpc) is 2.38. The Labute approximate surface area is 98.8 Å². The van der Waals surface area contributed by atoms with Gasteiger partial charge in [-0.3, -0.25) is 4.98 Å². The number of nitrogens with zero attached hydrogens (tertiary/aromatic N) is 3. The molecule has 0 amide bonds. The van der Waals surface area contributed by atoms with Crippen LogP contribution in [0.3, 0.4) is 0 Å². The third-order valence-electron chi connectivity index (χ3n) is 2.02. The summed E-state index contributed by atoms with van der Waals surface area (Å²) >= 11 is 0. The van der Waals surface area contributed by atoms with Crippen molar-refractivity contribution >= 4 is 17.3 Å². The smallest absolute Gasteiger partial charge is 0.135 e. The third-order valence-corrected chi connectivity index (χ3v) is 2.02. The molecule has 88 valence electrons. The van der Waals surface area contributed by atoms with Gasteiger partial charge in [-0.25, -0.2) is 9.97 Å². The molecule has 0 atom stereocenters. The molecule has 3 N–H and O–H groups in total. The van der Waals surface area contributed by atoms with E-state index in [0.717, 1.165) is 5.69 Å². The predicted octanol–water partition coefficient (Wildman–Crippen LogP) is 1.02. The van der Waals surface area contributed by atoms with Crippen molar-refractivity contribution in [2.45, 2.75) is 0 Å². The second-order valence-corrected chi connectivity index (χ2v) is 3.31. The van der Waals surface area contributed by atoms with E-state index in [1.165, 1.54) is 6.33 Å². The van der Waals surface area contributed by atoms with Gasteiger partial charge < -0.3 is 15.7 Å². The van der Waals surface area contributed by atoms with Crippen LogP contribution in [0.5, 0.6) is 0 Å². The van der Waals surface area contributed by atoms with Gasteiger partial charge in [-0.05, 0) is 12.1 Å². The Morgan fingerprint density at radius 1 is 1.24 bits per heavy atom. The Balaban J connectivity index is 2.06. The van der Waals surface area contributed by atoms with E-state index in [1.807, 2.05) is 12.1 Å². The van der Waals surface area contributed by atoms with Gasteiger partial charge in [0.15, 0.2) is 0 Å². The zero-order valence-corrected chi connectivity index (χ0v) is 9.17. The summed E-state index contributed by atoms with van der Waals surface area (Å²) in [6.45, 7) is 0.527. The number of anilines is 3. The molecular formula is C11H13N5O. The van der Waals surface area contributed by atoms with Gasteiger partial charge in [-0.1, -0.05) is 0 Å². The zero-order valence-electron chi connectivity index (χ0n) is 9.17. The van der Waals surface area contributed by atoms with E-state index in [2.05, 4.69) is 25.6 Å². The number of aliphatic hydroxyl groups excluding tert-OH is 1. The normalized spacial score (nSPS) is 9.94. The predicted molar refractivity (Wildman–Crippen MR) is 65.1 cm³/mol. The highest BCUT2D eigenvalue weighted by molar-refractivity contribution is 5.57. The SMILES string of the molecule is OCCNc1cc(Nc2cccnc2)ncn1. The Kier molecular flexibility index (Phi) is 3.82. The largest absolute Gasteiger partial charge is 0.395 e. The molecular weight excluding hydrogens is 218 g/mol. The number of nitrogens with one attached hydrogen (secondary N) is 2. The zero-order chi connectivity index (χ0) is 11.9. The molecule has 2 aromatic heterocycles. The van der Waals surface area contributed by atoms with E-state index in [4.69, 9.17) is 5.11 Å². The number of aliphatic hydroxyl groups is 1. The van der Waals surface area contributed by atoms with Crippen LogP contribution in [0.1, 0.15) is 0 Å². The topological polar surface area (TPSA) is 83.0 Å². The summed E-state index contributed by atoms with van der Waals surface area (Å²) in [5, 5.41) is 14.8. The maximum Gasteiger partial charge on any atom is 0.135 e. The Hall–Kier alpha value is -2.21. The molecule has 0 spiro atoms. The molecule has 0 aliphatic carbocycles. The van der Waals surface area contributed by atoms with Crippen LogP contribution in [-0.2, 0) is 0 Å². The van der Waals surface area contributed by atoms with Gasteiger partial charge in [-0.15, -0.1) is 0 Å². The minimum absolute atomic E-state index is 0.0649. The maximum absolute atomic E-state index is 8.70. The van der Waals surface area contributed by atoms with Crippen LogP contribution in [0.25, 0.3) is 0 Å². The third kappa shape index (κ3) is 3.39. The fourth-order valence-corrected chi connectivity index (χ4v) is 1.29. The van der Waals surface area contributed by atoms with Gasteiger partial charge in [0.2, 0.25) is 0 Å². The van der Waals surface area contributed by atoms with Crippen molar-refractivity contribution < 1.29 is 5.11 Å². The Bertz CT molecular complexity index is 462. The van der Waals surface area contributed by atoms with Crippen molar-refractivity contribution in [2.24, 2.45) is 0 Å². The van der Waals surface area contributed by atoms with Crippen molar-refractivity contribution in [3.63, 3.8) is 0 Å². The van der Waals surface area contributed by atoms with Crippen molar-refractivity contribution in [1.29, 1.82) is 0 Å². The van der Waals surface area contributed by atoms with E-state index >= 15 is 0 Å². The van der Waals surface area contributed by atoms with Crippen molar-refractivity contribution in [3.05, 3.63) is 36.9 Å². The van der Waals surface area contributed by atoms with E-state index in [0.29, 0.717) is 18.2 Å². The number of aromatic nitrogens is 3. The Morgan fingerprint density at radius 2 is 2.12 bits per heavy atom. The van der Waals surface area contributed by atoms with Gasteiger partial charge in [0.25, 0.3) is 0 Å². The molecule has 2 heterocycles. The van der Waals surface area contributed by atoms with Crippen LogP contribution < -0.4 is 10.6 Å². The molecule has 2 aromatic rings. The van der Waals surface area contributed by atoms with Crippen LogP contribution in [0.2, 0.25) is 0 Å². The van der Waals surface area contributed by atoms with Crippen LogP contribution in [0.4, 0.5) is 17.3 Å². The molecule has 0 unspecified atom stereocenters. The second-order valence-electron chi connectivity index (χ2n) is 3.31. The quantitative estimate of drug-likeness (QED) is 0.712. The molecule has 0 saturated heterocycles. The monoisotopic (exact) mass is 231 g/mol. The minimum Gasteiger partial charge on any atom is -0.395 e. The van der Waals surface area contributed by atoms with Crippen molar-refractivity contribution in [2.75, 3.05) is 23.8 Å². The molecule has 0 saturated carbocycles. The van der Waals surface area contributed by atoms with Gasteiger partial charge >= 0.3 is 0 Å². The van der Waals surface area contributed by atoms with E-state index in [1.54, 1.807) is 18.5 Å². The fraction of sp³-hybridized carbons (Fsp3) is 0.182. The average molecular weight is 231 g/mol.